The van der Waals surface area contributed by atoms with Gasteiger partial charge in [0.15, 0.2) is 15.6 Å². The second-order valence-electron chi connectivity index (χ2n) is 14.7. The van der Waals surface area contributed by atoms with Gasteiger partial charge in [0.25, 0.3) is 0 Å². The molecule has 0 radical (unpaired) electrons. The first-order chi connectivity index (χ1) is 25.4. The summed E-state index contributed by atoms with van der Waals surface area (Å²) in [4.78, 5) is 19.1. The molecule has 0 spiro atoms. The molecule has 1 aliphatic carbocycles. The van der Waals surface area contributed by atoms with Crippen molar-refractivity contribution in [2.45, 2.75) is 82.6 Å². The van der Waals surface area contributed by atoms with Gasteiger partial charge in [-0.05, 0) is 93.8 Å². The van der Waals surface area contributed by atoms with Crippen LogP contribution in [0.1, 0.15) is 84.5 Å². The van der Waals surface area contributed by atoms with Crippen molar-refractivity contribution >= 4 is 38.1 Å². The molecule has 1 saturated carbocycles. The van der Waals surface area contributed by atoms with E-state index in [1.165, 1.54) is 26.0 Å². The maximum absolute atomic E-state index is 14.6. The molecule has 284 valence electrons. The standard InChI is InChI=1S/C40H42ClF2N5O5S/c1-23-31(13-15-49)38(25-6-7-25)46-48(23)21-30(50)19-26(16-24-17-27(42)20-28(43)18-24)37-32(9-8-29(44-37)12-14-40(2,3)51)33-10-11-34(41)36-35(22-54(5,52)53)45-47(4)39(33)36/h8-11,17-18,20,25-26,49,51H,6-7,13,15-16,19,21-22H2,1-5H3/t26-/m1/s1. The number of hydrogen-bond acceptors (Lipinski definition) is 8. The second kappa shape index (κ2) is 15.3. The minimum absolute atomic E-state index is 0.0193. The summed E-state index contributed by atoms with van der Waals surface area (Å²) in [6, 6.07) is 10.1. The Kier molecular flexibility index (Phi) is 11.1. The molecule has 2 aromatic carbocycles. The van der Waals surface area contributed by atoms with E-state index in [-0.39, 0.29) is 48.9 Å². The van der Waals surface area contributed by atoms with Gasteiger partial charge in [-0.25, -0.2) is 22.2 Å². The van der Waals surface area contributed by atoms with E-state index in [1.54, 1.807) is 40.7 Å². The quantitative estimate of drug-likeness (QED) is 0.136. The fourth-order valence-corrected chi connectivity index (χ4v) is 7.94. The molecule has 0 unspecified atom stereocenters. The van der Waals surface area contributed by atoms with Crippen LogP contribution < -0.4 is 0 Å². The van der Waals surface area contributed by atoms with Crippen LogP contribution in [0, 0.1) is 30.4 Å². The highest BCUT2D eigenvalue weighted by molar-refractivity contribution is 7.89. The Hall–Kier alpha value is -4.48. The number of Topliss-reactive ketones (excluding diaryl/α,β-unsaturated/α-hetero) is 1. The number of aliphatic hydroxyl groups excluding tert-OH is 1. The summed E-state index contributed by atoms with van der Waals surface area (Å²) < 4.78 is 57.1. The van der Waals surface area contributed by atoms with Crippen LogP contribution in [0.4, 0.5) is 8.78 Å². The van der Waals surface area contributed by atoms with Crippen LogP contribution in [-0.2, 0) is 46.8 Å². The maximum atomic E-state index is 14.6. The van der Waals surface area contributed by atoms with E-state index < -0.39 is 33.0 Å². The summed E-state index contributed by atoms with van der Waals surface area (Å²) in [6.45, 7) is 4.84. The van der Waals surface area contributed by atoms with Crippen LogP contribution in [0.3, 0.4) is 0 Å². The molecule has 0 bridgehead atoms. The summed E-state index contributed by atoms with van der Waals surface area (Å²) in [5.41, 5.74) is 4.23. The molecule has 54 heavy (non-hydrogen) atoms. The largest absolute Gasteiger partial charge is 0.396 e. The van der Waals surface area contributed by atoms with Gasteiger partial charge >= 0.3 is 0 Å². The molecule has 1 atom stereocenters. The van der Waals surface area contributed by atoms with Crippen molar-refractivity contribution in [1.29, 1.82) is 0 Å². The Morgan fingerprint density at radius 3 is 2.41 bits per heavy atom. The van der Waals surface area contributed by atoms with E-state index in [0.717, 1.165) is 42.1 Å². The maximum Gasteiger partial charge on any atom is 0.154 e. The van der Waals surface area contributed by atoms with Crippen molar-refractivity contribution in [3.63, 3.8) is 0 Å². The van der Waals surface area contributed by atoms with E-state index in [2.05, 4.69) is 16.9 Å². The molecule has 0 aliphatic heterocycles. The van der Waals surface area contributed by atoms with Crippen molar-refractivity contribution < 1.29 is 32.2 Å². The predicted molar refractivity (Wildman–Crippen MR) is 203 cm³/mol. The summed E-state index contributed by atoms with van der Waals surface area (Å²) in [5.74, 6) is 3.15. The molecule has 10 nitrogen and oxygen atoms in total. The lowest BCUT2D eigenvalue weighted by molar-refractivity contribution is -0.120. The first-order valence-corrected chi connectivity index (χ1v) is 20.1. The van der Waals surface area contributed by atoms with Gasteiger partial charge in [-0.1, -0.05) is 23.6 Å². The Balaban J connectivity index is 1.51. The number of sulfone groups is 1. The van der Waals surface area contributed by atoms with Crippen molar-refractivity contribution in [2.24, 2.45) is 7.05 Å². The Labute approximate surface area is 318 Å². The monoisotopic (exact) mass is 777 g/mol. The number of rotatable bonds is 13. The van der Waals surface area contributed by atoms with Crippen molar-refractivity contribution in [3.05, 3.63) is 98.7 Å². The molecular weight excluding hydrogens is 736 g/mol. The van der Waals surface area contributed by atoms with E-state index in [9.17, 15) is 32.2 Å². The van der Waals surface area contributed by atoms with Crippen LogP contribution in [0.2, 0.25) is 5.02 Å². The molecule has 5 aromatic rings. The predicted octanol–water partition coefficient (Wildman–Crippen LogP) is 6.14. The molecule has 3 heterocycles. The Morgan fingerprint density at radius 2 is 1.78 bits per heavy atom. The van der Waals surface area contributed by atoms with Crippen LogP contribution >= 0.6 is 11.6 Å². The number of nitrogens with zero attached hydrogens (tertiary/aromatic N) is 5. The number of halogens is 3. The van der Waals surface area contributed by atoms with Gasteiger partial charge in [-0.2, -0.15) is 10.2 Å². The third-order valence-corrected chi connectivity index (χ3v) is 10.5. The highest BCUT2D eigenvalue weighted by atomic mass is 35.5. The Bertz CT molecular complexity index is 2420. The summed E-state index contributed by atoms with van der Waals surface area (Å²) in [7, 11) is -1.81. The van der Waals surface area contributed by atoms with Crippen LogP contribution in [0.5, 0.6) is 0 Å². The summed E-state index contributed by atoms with van der Waals surface area (Å²) in [5, 5.41) is 30.1. The molecule has 3 aromatic heterocycles. The minimum Gasteiger partial charge on any atom is -0.396 e. The summed E-state index contributed by atoms with van der Waals surface area (Å²) >= 11 is 6.68. The number of carbonyl (C=O) groups excluding carboxylic acids is 1. The normalized spacial score (nSPS) is 14.0. The number of aliphatic hydroxyl groups is 2. The summed E-state index contributed by atoms with van der Waals surface area (Å²) in [6.07, 6.45) is 3.46. The first kappa shape index (κ1) is 39.2. The number of pyridine rings is 1. The highest BCUT2D eigenvalue weighted by Crippen LogP contribution is 2.42. The van der Waals surface area contributed by atoms with E-state index >= 15 is 0 Å². The first-order valence-electron chi connectivity index (χ1n) is 17.6. The van der Waals surface area contributed by atoms with Gasteiger partial charge in [0.1, 0.15) is 22.9 Å². The van der Waals surface area contributed by atoms with Crippen molar-refractivity contribution in [2.75, 3.05) is 12.9 Å². The lowest BCUT2D eigenvalue weighted by atomic mass is 9.86. The molecule has 0 amide bonds. The van der Waals surface area contributed by atoms with Gasteiger partial charge < -0.3 is 10.2 Å². The van der Waals surface area contributed by atoms with Gasteiger partial charge in [-0.3, -0.25) is 14.2 Å². The molecule has 2 N–H and O–H groups in total. The molecule has 1 fully saturated rings. The van der Waals surface area contributed by atoms with E-state index in [1.807, 2.05) is 6.92 Å². The topological polar surface area (TPSA) is 140 Å². The van der Waals surface area contributed by atoms with Gasteiger partial charge in [0.05, 0.1) is 39.9 Å². The van der Waals surface area contributed by atoms with Crippen LogP contribution in [0.25, 0.3) is 22.0 Å². The zero-order valence-electron chi connectivity index (χ0n) is 30.8. The molecule has 1 aliphatic rings. The fraction of sp³-hybridized carbons (Fsp3) is 0.400. The number of carbonyl (C=O) groups is 1. The zero-order chi connectivity index (χ0) is 39.1. The third-order valence-electron chi connectivity index (χ3n) is 9.40. The van der Waals surface area contributed by atoms with E-state index in [0.29, 0.717) is 50.6 Å². The Morgan fingerprint density at radius 1 is 1.09 bits per heavy atom. The average molecular weight is 778 g/mol. The number of hydrogen-bond donors (Lipinski definition) is 2. The fourth-order valence-electron chi connectivity index (χ4n) is 6.98. The number of benzene rings is 2. The molecular formula is C40H42ClF2N5O5S. The number of ketones is 1. The van der Waals surface area contributed by atoms with E-state index in [4.69, 9.17) is 21.7 Å². The van der Waals surface area contributed by atoms with Crippen LogP contribution in [0.15, 0.2) is 42.5 Å². The lowest BCUT2D eigenvalue weighted by Gasteiger charge is -2.21. The number of aryl methyl sites for hydroxylation is 1. The highest BCUT2D eigenvalue weighted by Gasteiger charge is 2.32. The zero-order valence-corrected chi connectivity index (χ0v) is 32.3. The number of aromatic nitrogens is 5. The smallest absolute Gasteiger partial charge is 0.154 e. The lowest BCUT2D eigenvalue weighted by Crippen LogP contribution is -2.19. The van der Waals surface area contributed by atoms with Crippen molar-refractivity contribution in [1.82, 2.24) is 24.5 Å². The second-order valence-corrected chi connectivity index (χ2v) is 17.2. The molecule has 6 rings (SSSR count). The van der Waals surface area contributed by atoms with Crippen molar-refractivity contribution in [3.8, 4) is 23.0 Å². The third kappa shape index (κ3) is 9.06. The minimum atomic E-state index is -3.49. The van der Waals surface area contributed by atoms with Gasteiger partial charge in [0.2, 0.25) is 0 Å². The SMILES string of the molecule is Cc1c(CCO)c(C2CC2)nn1CC(=O)C[C@@H](Cc1cc(F)cc(F)c1)c1nc(C#CC(C)(C)O)ccc1-c1ccc(Cl)c2c(CS(C)(=O)=O)nn(C)c12. The number of fused-ring (bicyclic) bond motifs is 1. The van der Waals surface area contributed by atoms with Gasteiger partial charge in [-0.15, -0.1) is 0 Å². The average Bonchev–Trinajstić information content (AvgIpc) is 3.80. The van der Waals surface area contributed by atoms with Crippen LogP contribution in [-0.4, -0.2) is 67.4 Å². The molecule has 14 heteroatoms. The molecule has 0 saturated heterocycles. The van der Waals surface area contributed by atoms with Gasteiger partial charge in [0, 0.05) is 66.4 Å².